The minimum absolute atomic E-state index is 0.112. The Hall–Kier alpha value is -1.34. The molecule has 1 aliphatic carbocycles. The highest BCUT2D eigenvalue weighted by Crippen LogP contribution is 2.54. The van der Waals surface area contributed by atoms with Crippen LogP contribution >= 0.6 is 0 Å². The Labute approximate surface area is 161 Å². The molecule has 3 unspecified atom stereocenters. The number of nitrogens with zero attached hydrogens (tertiary/aromatic N) is 3. The van der Waals surface area contributed by atoms with Gasteiger partial charge in [0, 0.05) is 37.6 Å². The van der Waals surface area contributed by atoms with Crippen LogP contribution < -0.4 is 0 Å². The molecular formula is C20H33N3O4. The predicted molar refractivity (Wildman–Crippen MR) is 100 cm³/mol. The van der Waals surface area contributed by atoms with Gasteiger partial charge < -0.3 is 14.4 Å². The van der Waals surface area contributed by atoms with E-state index in [0.717, 1.165) is 32.5 Å². The molecule has 0 aromatic heterocycles. The minimum atomic E-state index is -0.227. The summed E-state index contributed by atoms with van der Waals surface area (Å²) in [5, 5.41) is 0. The summed E-state index contributed by atoms with van der Waals surface area (Å²) in [5.41, 5.74) is 0. The van der Waals surface area contributed by atoms with E-state index < -0.39 is 0 Å². The molecule has 2 bridgehead atoms. The molecule has 3 saturated heterocycles. The summed E-state index contributed by atoms with van der Waals surface area (Å²) in [4.78, 5) is 31.4. The van der Waals surface area contributed by atoms with Gasteiger partial charge in [0.15, 0.2) is 0 Å². The molecule has 0 aromatic carbocycles. The summed E-state index contributed by atoms with van der Waals surface area (Å²) in [6, 6.07) is 0.990. The molecule has 0 aromatic rings. The fourth-order valence-corrected chi connectivity index (χ4v) is 5.78. The molecule has 0 spiro atoms. The lowest BCUT2D eigenvalue weighted by Crippen LogP contribution is -2.62. The van der Waals surface area contributed by atoms with E-state index in [1.165, 1.54) is 7.11 Å². The molecule has 3 aliphatic heterocycles. The van der Waals surface area contributed by atoms with Crippen LogP contribution in [0, 0.1) is 17.8 Å². The molecule has 7 nitrogen and oxygen atoms in total. The van der Waals surface area contributed by atoms with Gasteiger partial charge in [-0.3, -0.25) is 14.6 Å². The van der Waals surface area contributed by atoms with E-state index in [9.17, 15) is 9.59 Å². The summed E-state index contributed by atoms with van der Waals surface area (Å²) < 4.78 is 10.7. The first kappa shape index (κ1) is 19.0. The number of hydrogen-bond donors (Lipinski definition) is 0. The predicted octanol–water partition coefficient (Wildman–Crippen LogP) is 1.42. The van der Waals surface area contributed by atoms with Gasteiger partial charge in [0.2, 0.25) is 5.91 Å². The van der Waals surface area contributed by atoms with E-state index in [2.05, 4.69) is 25.7 Å². The molecular weight excluding hydrogens is 346 g/mol. The third kappa shape index (κ3) is 3.23. The van der Waals surface area contributed by atoms with E-state index in [4.69, 9.17) is 9.47 Å². The van der Waals surface area contributed by atoms with E-state index >= 15 is 0 Å². The lowest BCUT2D eigenvalue weighted by molar-refractivity contribution is -0.135. The largest absolute Gasteiger partial charge is 0.453 e. The molecule has 0 N–H and O–H groups in total. The highest BCUT2D eigenvalue weighted by atomic mass is 16.5. The van der Waals surface area contributed by atoms with Crippen LogP contribution in [0.4, 0.5) is 4.79 Å². The standard InChI is InChI=1S/C20H33N3O4/c1-5-22(12(2)3)19(24)18-16-8-21(9-17(16)18)13-6-14-10-27-11-15(7-13)23(14)20(25)26-4/h12-18H,5-11H2,1-4H3/t13?,14?,15?,16-,17+,18?. The van der Waals surface area contributed by atoms with E-state index in [1.807, 2.05) is 9.80 Å². The Morgan fingerprint density at radius 1 is 1.11 bits per heavy atom. The Kier molecular flexibility index (Phi) is 5.10. The van der Waals surface area contributed by atoms with E-state index in [-0.39, 0.29) is 30.1 Å². The summed E-state index contributed by atoms with van der Waals surface area (Å²) in [6.07, 6.45) is 1.66. The van der Waals surface area contributed by atoms with Gasteiger partial charge in [-0.1, -0.05) is 0 Å². The molecule has 5 atom stereocenters. The normalized spacial score (nSPS) is 37.9. The van der Waals surface area contributed by atoms with Crippen molar-refractivity contribution in [2.75, 3.05) is 40.0 Å². The average molecular weight is 380 g/mol. The Morgan fingerprint density at radius 2 is 1.70 bits per heavy atom. The van der Waals surface area contributed by atoms with Crippen molar-refractivity contribution in [3.8, 4) is 0 Å². The monoisotopic (exact) mass is 379 g/mol. The van der Waals surface area contributed by atoms with Gasteiger partial charge in [-0.25, -0.2) is 4.79 Å². The van der Waals surface area contributed by atoms with Crippen molar-refractivity contribution in [3.05, 3.63) is 0 Å². The number of carbonyl (C=O) groups is 2. The number of likely N-dealkylation sites (tertiary alicyclic amines) is 1. The van der Waals surface area contributed by atoms with Gasteiger partial charge in [0.05, 0.1) is 32.4 Å². The number of piperidine rings is 2. The van der Waals surface area contributed by atoms with Crippen LogP contribution in [-0.4, -0.2) is 90.8 Å². The van der Waals surface area contributed by atoms with Crippen LogP contribution in [0.5, 0.6) is 0 Å². The number of methoxy groups -OCH3 is 1. The molecule has 4 rings (SSSR count). The van der Waals surface area contributed by atoms with Gasteiger partial charge in [-0.2, -0.15) is 0 Å². The van der Waals surface area contributed by atoms with Crippen LogP contribution in [0.25, 0.3) is 0 Å². The number of ether oxygens (including phenoxy) is 2. The Bertz CT molecular complexity index is 572. The van der Waals surface area contributed by atoms with Gasteiger partial charge >= 0.3 is 6.09 Å². The zero-order valence-electron chi connectivity index (χ0n) is 17.0. The molecule has 0 radical (unpaired) electrons. The average Bonchev–Trinajstić information content (AvgIpc) is 3.13. The third-order valence-electron chi connectivity index (χ3n) is 7.15. The zero-order valence-corrected chi connectivity index (χ0v) is 17.0. The first-order valence-corrected chi connectivity index (χ1v) is 10.4. The van der Waals surface area contributed by atoms with Crippen molar-refractivity contribution in [1.29, 1.82) is 0 Å². The van der Waals surface area contributed by atoms with Crippen molar-refractivity contribution in [3.63, 3.8) is 0 Å². The summed E-state index contributed by atoms with van der Waals surface area (Å²) in [7, 11) is 1.45. The van der Waals surface area contributed by atoms with Crippen LogP contribution in [-0.2, 0) is 14.3 Å². The van der Waals surface area contributed by atoms with Crippen molar-refractivity contribution < 1.29 is 19.1 Å². The molecule has 1 saturated carbocycles. The Balaban J connectivity index is 1.35. The fourth-order valence-electron chi connectivity index (χ4n) is 5.78. The molecule has 3 heterocycles. The smallest absolute Gasteiger partial charge is 0.410 e. The summed E-state index contributed by atoms with van der Waals surface area (Å²) in [6.45, 7) is 10.3. The number of carbonyl (C=O) groups excluding carboxylic acids is 2. The maximum atomic E-state index is 12.8. The highest BCUT2D eigenvalue weighted by Gasteiger charge is 2.61. The first-order chi connectivity index (χ1) is 13.0. The van der Waals surface area contributed by atoms with E-state index in [1.54, 1.807) is 0 Å². The fraction of sp³-hybridized carbons (Fsp3) is 0.900. The second-order valence-electron chi connectivity index (χ2n) is 8.87. The van der Waals surface area contributed by atoms with Gasteiger partial charge in [0.1, 0.15) is 0 Å². The summed E-state index contributed by atoms with van der Waals surface area (Å²) in [5.74, 6) is 1.65. The van der Waals surface area contributed by atoms with Crippen LogP contribution in [0.1, 0.15) is 33.6 Å². The number of fused-ring (bicyclic) bond motifs is 3. The Morgan fingerprint density at radius 3 is 2.19 bits per heavy atom. The van der Waals surface area contributed by atoms with Crippen LogP contribution in [0.3, 0.4) is 0 Å². The zero-order chi connectivity index (χ0) is 19.3. The molecule has 7 heteroatoms. The van der Waals surface area contributed by atoms with Crippen molar-refractivity contribution in [1.82, 2.24) is 14.7 Å². The topological polar surface area (TPSA) is 62.3 Å². The number of rotatable bonds is 4. The second-order valence-corrected chi connectivity index (χ2v) is 8.87. The molecule has 4 aliphatic rings. The van der Waals surface area contributed by atoms with Crippen molar-refractivity contribution in [2.45, 2.75) is 57.8 Å². The third-order valence-corrected chi connectivity index (χ3v) is 7.15. The van der Waals surface area contributed by atoms with E-state index in [0.29, 0.717) is 37.0 Å². The lowest BCUT2D eigenvalue weighted by Gasteiger charge is -2.49. The maximum Gasteiger partial charge on any atom is 0.410 e. The second kappa shape index (κ2) is 7.24. The SMILES string of the molecule is CCN(C(=O)C1[C@H]2CN(C3CC4COCC(C3)N4C(=O)OC)C[C@@H]12)C(C)C. The quantitative estimate of drug-likeness (QED) is 0.739. The highest BCUT2D eigenvalue weighted by molar-refractivity contribution is 5.83. The van der Waals surface area contributed by atoms with Gasteiger partial charge in [-0.15, -0.1) is 0 Å². The molecule has 27 heavy (non-hydrogen) atoms. The molecule has 152 valence electrons. The number of hydrogen-bond acceptors (Lipinski definition) is 5. The molecule has 2 amide bonds. The lowest BCUT2D eigenvalue weighted by atomic mass is 9.89. The van der Waals surface area contributed by atoms with Gasteiger partial charge in [0.25, 0.3) is 0 Å². The van der Waals surface area contributed by atoms with Crippen molar-refractivity contribution in [2.24, 2.45) is 17.8 Å². The maximum absolute atomic E-state index is 12.8. The minimum Gasteiger partial charge on any atom is -0.453 e. The number of morpholine rings is 1. The molecule has 4 fully saturated rings. The van der Waals surface area contributed by atoms with Crippen molar-refractivity contribution >= 4 is 12.0 Å². The van der Waals surface area contributed by atoms with Crippen LogP contribution in [0.2, 0.25) is 0 Å². The summed E-state index contributed by atoms with van der Waals surface area (Å²) >= 11 is 0. The number of amides is 2. The van der Waals surface area contributed by atoms with Crippen LogP contribution in [0.15, 0.2) is 0 Å². The van der Waals surface area contributed by atoms with Gasteiger partial charge in [-0.05, 0) is 45.4 Å². The first-order valence-electron chi connectivity index (χ1n) is 10.4.